The van der Waals surface area contributed by atoms with E-state index in [1.54, 1.807) is 0 Å². The van der Waals surface area contributed by atoms with Crippen molar-refractivity contribution < 1.29 is 9.53 Å². The van der Waals surface area contributed by atoms with E-state index in [1.807, 2.05) is 11.1 Å². The standard InChI is InChI=1S/C29H38N8O2.H2S/c1-5-26(38)35-11-13-36(14-12-35)28-22-8-10-37(27-20(3)19(2)15-24-23(27)16-30-33-24)17-25(22)31-29(32-28)39-18-21-7-6-9-34(21)4;/h5,15-16,21H,1,6-14,17-18H2,2-4H3,(H,30,33);1H2/t21-;/m0./s1. The Morgan fingerprint density at radius 3 is 2.67 bits per heavy atom. The molecule has 40 heavy (non-hydrogen) atoms. The van der Waals surface area contributed by atoms with Crippen LogP contribution in [0.25, 0.3) is 10.9 Å². The molecule has 1 atom stereocenters. The molecule has 6 rings (SSSR count). The van der Waals surface area contributed by atoms with Crippen LogP contribution in [0.15, 0.2) is 24.9 Å². The molecule has 0 unspecified atom stereocenters. The second-order valence-electron chi connectivity index (χ2n) is 11.0. The van der Waals surface area contributed by atoms with Crippen LogP contribution in [0.1, 0.15) is 35.2 Å². The van der Waals surface area contributed by atoms with Crippen LogP contribution < -0.4 is 14.5 Å². The number of fused-ring (bicyclic) bond motifs is 2. The fourth-order valence-electron chi connectivity index (χ4n) is 6.25. The van der Waals surface area contributed by atoms with Gasteiger partial charge in [0, 0.05) is 49.7 Å². The quantitative estimate of drug-likeness (QED) is 0.457. The average Bonchev–Trinajstić information content (AvgIpc) is 3.59. The summed E-state index contributed by atoms with van der Waals surface area (Å²) >= 11 is 0. The van der Waals surface area contributed by atoms with E-state index in [1.165, 1.54) is 34.9 Å². The minimum absolute atomic E-state index is 0. The average molecular weight is 565 g/mol. The summed E-state index contributed by atoms with van der Waals surface area (Å²) in [6, 6.07) is 3.01. The molecule has 2 saturated heterocycles. The molecule has 3 aliphatic rings. The number of amides is 1. The maximum Gasteiger partial charge on any atom is 0.318 e. The maximum atomic E-state index is 12.2. The van der Waals surface area contributed by atoms with Crippen molar-refractivity contribution in [3.63, 3.8) is 0 Å². The van der Waals surface area contributed by atoms with Gasteiger partial charge in [0.05, 0.1) is 29.6 Å². The summed E-state index contributed by atoms with van der Waals surface area (Å²) in [4.78, 5) is 31.0. The van der Waals surface area contributed by atoms with E-state index in [4.69, 9.17) is 14.7 Å². The molecule has 0 saturated carbocycles. The lowest BCUT2D eigenvalue weighted by atomic mass is 9.99. The zero-order chi connectivity index (χ0) is 27.1. The van der Waals surface area contributed by atoms with Crippen molar-refractivity contribution in [2.24, 2.45) is 0 Å². The SMILES string of the molecule is C=CC(=O)N1CCN(c2nc(OC[C@@H]3CCCN3C)nc3c2CCN(c2c(C)c(C)cc4[nH]ncc24)C3)CC1.S. The second kappa shape index (κ2) is 11.7. The number of aromatic amines is 1. The Labute approximate surface area is 242 Å². The summed E-state index contributed by atoms with van der Waals surface area (Å²) in [5, 5.41) is 8.61. The molecule has 3 aromatic rings. The molecule has 214 valence electrons. The van der Waals surface area contributed by atoms with Crippen LogP contribution in [-0.2, 0) is 17.8 Å². The van der Waals surface area contributed by atoms with E-state index < -0.39 is 0 Å². The van der Waals surface area contributed by atoms with Crippen molar-refractivity contribution in [3.05, 3.63) is 47.3 Å². The number of likely N-dealkylation sites (N-methyl/N-ethyl adjacent to an activating group) is 1. The lowest BCUT2D eigenvalue weighted by Gasteiger charge is -2.38. The highest BCUT2D eigenvalue weighted by Crippen LogP contribution is 2.37. The first-order valence-electron chi connectivity index (χ1n) is 14.0. The van der Waals surface area contributed by atoms with E-state index >= 15 is 0 Å². The number of piperazine rings is 1. The van der Waals surface area contributed by atoms with E-state index in [9.17, 15) is 4.79 Å². The fraction of sp³-hybridized carbons (Fsp3) is 0.517. The Balaban J connectivity index is 0.00000323. The molecule has 10 nitrogen and oxygen atoms in total. The van der Waals surface area contributed by atoms with E-state index in [0.29, 0.717) is 38.3 Å². The van der Waals surface area contributed by atoms with Crippen molar-refractivity contribution in [2.75, 3.05) is 62.7 Å². The van der Waals surface area contributed by atoms with Gasteiger partial charge in [0.15, 0.2) is 0 Å². The lowest BCUT2D eigenvalue weighted by molar-refractivity contribution is -0.126. The van der Waals surface area contributed by atoms with Gasteiger partial charge < -0.3 is 24.3 Å². The van der Waals surface area contributed by atoms with Gasteiger partial charge in [-0.3, -0.25) is 9.89 Å². The van der Waals surface area contributed by atoms with Crippen molar-refractivity contribution in [2.45, 2.75) is 45.7 Å². The number of hydrogen-bond acceptors (Lipinski definition) is 8. The number of hydrogen-bond donors (Lipinski definition) is 1. The van der Waals surface area contributed by atoms with Gasteiger partial charge >= 0.3 is 6.01 Å². The first kappa shape index (κ1) is 28.2. The summed E-state index contributed by atoms with van der Waals surface area (Å²) < 4.78 is 6.27. The van der Waals surface area contributed by atoms with E-state index in [2.05, 4.69) is 58.4 Å². The van der Waals surface area contributed by atoms with Crippen molar-refractivity contribution in [3.8, 4) is 6.01 Å². The summed E-state index contributed by atoms with van der Waals surface area (Å²) in [5.74, 6) is 0.938. The zero-order valence-corrected chi connectivity index (χ0v) is 24.7. The van der Waals surface area contributed by atoms with E-state index in [0.717, 1.165) is 61.4 Å². The van der Waals surface area contributed by atoms with Crippen LogP contribution in [0.4, 0.5) is 11.5 Å². The molecule has 2 fully saturated rings. The van der Waals surface area contributed by atoms with Crippen molar-refractivity contribution in [1.82, 2.24) is 30.0 Å². The zero-order valence-electron chi connectivity index (χ0n) is 23.7. The van der Waals surface area contributed by atoms with Gasteiger partial charge in [-0.25, -0.2) is 0 Å². The highest BCUT2D eigenvalue weighted by atomic mass is 32.1. The smallest absolute Gasteiger partial charge is 0.318 e. The Kier molecular flexibility index (Phi) is 8.23. The van der Waals surface area contributed by atoms with Crippen LogP contribution in [-0.4, -0.2) is 94.8 Å². The number of ether oxygens (including phenoxy) is 1. The number of carbonyl (C=O) groups is 1. The van der Waals surface area contributed by atoms with Crippen molar-refractivity contribution >= 4 is 41.8 Å². The molecule has 5 heterocycles. The van der Waals surface area contributed by atoms with Crippen LogP contribution in [0.3, 0.4) is 0 Å². The lowest BCUT2D eigenvalue weighted by Crippen LogP contribution is -2.49. The molecule has 2 aromatic heterocycles. The number of rotatable bonds is 6. The topological polar surface area (TPSA) is 93.7 Å². The maximum absolute atomic E-state index is 12.2. The summed E-state index contributed by atoms with van der Waals surface area (Å²) in [6.45, 7) is 14.0. The summed E-state index contributed by atoms with van der Waals surface area (Å²) in [5.41, 5.74) is 6.99. The van der Waals surface area contributed by atoms with Crippen molar-refractivity contribution in [1.29, 1.82) is 0 Å². The first-order valence-corrected chi connectivity index (χ1v) is 14.0. The fourth-order valence-corrected chi connectivity index (χ4v) is 6.25. The summed E-state index contributed by atoms with van der Waals surface area (Å²) in [7, 11) is 2.16. The van der Waals surface area contributed by atoms with Gasteiger partial charge in [0.2, 0.25) is 5.91 Å². The van der Waals surface area contributed by atoms with Crippen LogP contribution in [0, 0.1) is 13.8 Å². The second-order valence-corrected chi connectivity index (χ2v) is 11.0. The number of likely N-dealkylation sites (tertiary alicyclic amines) is 1. The Hall–Kier alpha value is -3.31. The molecule has 3 aliphatic heterocycles. The van der Waals surface area contributed by atoms with Crippen LogP contribution in [0.5, 0.6) is 6.01 Å². The molecule has 1 N–H and O–H groups in total. The Morgan fingerprint density at radius 2 is 1.95 bits per heavy atom. The number of H-pyrrole nitrogens is 1. The van der Waals surface area contributed by atoms with E-state index in [-0.39, 0.29) is 19.4 Å². The molecule has 1 aromatic carbocycles. The highest BCUT2D eigenvalue weighted by molar-refractivity contribution is 7.59. The van der Waals surface area contributed by atoms with Crippen LogP contribution >= 0.6 is 13.5 Å². The molecule has 0 aliphatic carbocycles. The highest BCUT2D eigenvalue weighted by Gasteiger charge is 2.30. The Morgan fingerprint density at radius 1 is 1.15 bits per heavy atom. The normalized spacial score (nSPS) is 19.5. The minimum Gasteiger partial charge on any atom is -0.462 e. The largest absolute Gasteiger partial charge is 0.462 e. The predicted octanol–water partition coefficient (Wildman–Crippen LogP) is 2.95. The number of benzene rings is 1. The third-order valence-electron chi connectivity index (χ3n) is 8.71. The molecule has 0 spiro atoms. The van der Waals surface area contributed by atoms with Gasteiger partial charge in [-0.05, 0) is 70.0 Å². The van der Waals surface area contributed by atoms with Gasteiger partial charge in [-0.1, -0.05) is 6.58 Å². The minimum atomic E-state index is -0.0150. The molecule has 11 heteroatoms. The predicted molar refractivity (Wildman–Crippen MR) is 163 cm³/mol. The molecule has 1 amide bonds. The number of nitrogens with one attached hydrogen (secondary N) is 1. The van der Waals surface area contributed by atoms with Gasteiger partial charge in [0.1, 0.15) is 12.4 Å². The number of nitrogens with zero attached hydrogens (tertiary/aromatic N) is 7. The summed E-state index contributed by atoms with van der Waals surface area (Å²) in [6.07, 6.45) is 6.49. The first-order chi connectivity index (χ1) is 18.9. The third-order valence-corrected chi connectivity index (χ3v) is 8.71. The molecular formula is C29H40N8O2S. The number of aromatic nitrogens is 4. The molecule has 0 radical (unpaired) electrons. The number of anilines is 2. The monoisotopic (exact) mass is 564 g/mol. The third kappa shape index (κ3) is 5.24. The van der Waals surface area contributed by atoms with Crippen LogP contribution in [0.2, 0.25) is 0 Å². The van der Waals surface area contributed by atoms with Gasteiger partial charge in [-0.15, -0.1) is 0 Å². The molecule has 0 bridgehead atoms. The van der Waals surface area contributed by atoms with Gasteiger partial charge in [-0.2, -0.15) is 28.6 Å². The molecular weight excluding hydrogens is 524 g/mol. The Bertz CT molecular complexity index is 1400. The number of aryl methyl sites for hydroxylation is 1. The number of carbonyl (C=O) groups excluding carboxylic acids is 1. The van der Waals surface area contributed by atoms with Gasteiger partial charge in [0.25, 0.3) is 0 Å².